The standard InChI is InChI=1S/C17H12O2/c18-14-6-3-5-11-8-9-13-10-12-4-1-2-7-15(12)19-17(13)16(11)14/h1-9,18H,10H2. The highest BCUT2D eigenvalue weighted by atomic mass is 16.5. The average Bonchev–Trinajstić information content (AvgIpc) is 2.45. The van der Waals surface area contributed by atoms with Gasteiger partial charge in [0.15, 0.2) is 0 Å². The van der Waals surface area contributed by atoms with E-state index < -0.39 is 0 Å². The van der Waals surface area contributed by atoms with E-state index in [1.807, 2.05) is 36.4 Å². The van der Waals surface area contributed by atoms with Gasteiger partial charge in [0, 0.05) is 12.0 Å². The third-order valence-corrected chi connectivity index (χ3v) is 3.62. The zero-order chi connectivity index (χ0) is 12.8. The Bertz CT molecular complexity index is 790. The van der Waals surface area contributed by atoms with Gasteiger partial charge in [-0.05, 0) is 23.1 Å². The molecule has 0 fully saturated rings. The van der Waals surface area contributed by atoms with Crippen molar-refractivity contribution in [1.29, 1.82) is 0 Å². The van der Waals surface area contributed by atoms with Crippen molar-refractivity contribution in [3.8, 4) is 17.2 Å². The number of benzene rings is 3. The Kier molecular flexibility index (Phi) is 2.06. The van der Waals surface area contributed by atoms with Crippen LogP contribution in [0.25, 0.3) is 10.8 Å². The molecule has 0 bridgehead atoms. The second kappa shape index (κ2) is 3.75. The van der Waals surface area contributed by atoms with E-state index in [2.05, 4.69) is 12.1 Å². The predicted molar refractivity (Wildman–Crippen MR) is 74.9 cm³/mol. The smallest absolute Gasteiger partial charge is 0.142 e. The van der Waals surface area contributed by atoms with Crippen LogP contribution < -0.4 is 4.74 Å². The van der Waals surface area contributed by atoms with E-state index in [9.17, 15) is 5.11 Å². The first kappa shape index (κ1) is 10.4. The number of para-hydroxylation sites is 1. The Balaban J connectivity index is 2.01. The van der Waals surface area contributed by atoms with Crippen molar-refractivity contribution in [3.05, 3.63) is 65.7 Å². The highest BCUT2D eigenvalue weighted by Crippen LogP contribution is 2.43. The largest absolute Gasteiger partial charge is 0.507 e. The number of phenols is 1. The number of fused-ring (bicyclic) bond motifs is 4. The molecule has 19 heavy (non-hydrogen) atoms. The number of aromatic hydroxyl groups is 1. The summed E-state index contributed by atoms with van der Waals surface area (Å²) in [7, 11) is 0. The maximum Gasteiger partial charge on any atom is 0.142 e. The van der Waals surface area contributed by atoms with Crippen molar-refractivity contribution in [2.75, 3.05) is 0 Å². The van der Waals surface area contributed by atoms with Crippen molar-refractivity contribution in [2.24, 2.45) is 0 Å². The van der Waals surface area contributed by atoms with Gasteiger partial charge in [-0.25, -0.2) is 0 Å². The minimum Gasteiger partial charge on any atom is -0.507 e. The van der Waals surface area contributed by atoms with Crippen LogP contribution in [0.15, 0.2) is 54.6 Å². The van der Waals surface area contributed by atoms with Gasteiger partial charge in [-0.3, -0.25) is 0 Å². The van der Waals surface area contributed by atoms with E-state index in [0.717, 1.165) is 34.3 Å². The summed E-state index contributed by atoms with van der Waals surface area (Å²) in [5.41, 5.74) is 2.30. The summed E-state index contributed by atoms with van der Waals surface area (Å²) in [5.74, 6) is 1.94. The molecule has 1 N–H and O–H groups in total. The molecule has 3 aromatic carbocycles. The molecule has 4 rings (SSSR count). The molecule has 0 aliphatic carbocycles. The van der Waals surface area contributed by atoms with Crippen molar-refractivity contribution < 1.29 is 9.84 Å². The summed E-state index contributed by atoms with van der Waals surface area (Å²) >= 11 is 0. The Morgan fingerprint density at radius 3 is 2.68 bits per heavy atom. The molecule has 0 atom stereocenters. The summed E-state index contributed by atoms with van der Waals surface area (Å²) in [5, 5.41) is 11.9. The Labute approximate surface area is 110 Å². The quantitative estimate of drug-likeness (QED) is 0.504. The van der Waals surface area contributed by atoms with Crippen molar-refractivity contribution in [2.45, 2.75) is 6.42 Å². The Morgan fingerprint density at radius 1 is 0.842 bits per heavy atom. The van der Waals surface area contributed by atoms with Gasteiger partial charge in [0.05, 0.1) is 5.39 Å². The van der Waals surface area contributed by atoms with E-state index >= 15 is 0 Å². The van der Waals surface area contributed by atoms with Gasteiger partial charge in [-0.1, -0.05) is 42.5 Å². The molecule has 0 amide bonds. The number of hydrogen-bond donors (Lipinski definition) is 1. The molecule has 1 heterocycles. The first-order chi connectivity index (χ1) is 9.33. The normalized spacial score (nSPS) is 12.6. The molecule has 0 radical (unpaired) electrons. The van der Waals surface area contributed by atoms with Gasteiger partial charge in [-0.15, -0.1) is 0 Å². The topological polar surface area (TPSA) is 29.5 Å². The molecule has 0 aromatic heterocycles. The maximum atomic E-state index is 10.1. The van der Waals surface area contributed by atoms with E-state index in [4.69, 9.17) is 4.74 Å². The van der Waals surface area contributed by atoms with Crippen LogP contribution in [0, 0.1) is 0 Å². The van der Waals surface area contributed by atoms with Gasteiger partial charge in [0.1, 0.15) is 17.2 Å². The summed E-state index contributed by atoms with van der Waals surface area (Å²) in [6.07, 6.45) is 0.843. The molecule has 0 saturated heterocycles. The second-order valence-electron chi connectivity index (χ2n) is 4.82. The minimum atomic E-state index is 0.272. The second-order valence-corrected chi connectivity index (χ2v) is 4.82. The van der Waals surface area contributed by atoms with Crippen molar-refractivity contribution in [3.63, 3.8) is 0 Å². The number of hydrogen-bond acceptors (Lipinski definition) is 2. The summed E-state index contributed by atoms with van der Waals surface area (Å²) in [4.78, 5) is 0. The third-order valence-electron chi connectivity index (χ3n) is 3.62. The molecular formula is C17H12O2. The molecule has 1 aliphatic rings. The monoisotopic (exact) mass is 248 g/mol. The lowest BCUT2D eigenvalue weighted by Crippen LogP contribution is -2.03. The summed E-state index contributed by atoms with van der Waals surface area (Å²) in [6.45, 7) is 0. The number of rotatable bonds is 0. The molecule has 0 unspecified atom stereocenters. The number of ether oxygens (including phenoxy) is 1. The van der Waals surface area contributed by atoms with Crippen LogP contribution in [0.2, 0.25) is 0 Å². The fourth-order valence-corrected chi connectivity index (χ4v) is 2.69. The van der Waals surface area contributed by atoms with E-state index in [1.54, 1.807) is 6.07 Å². The molecule has 2 heteroatoms. The fourth-order valence-electron chi connectivity index (χ4n) is 2.69. The predicted octanol–water partition coefficient (Wildman–Crippen LogP) is 4.24. The van der Waals surface area contributed by atoms with Crippen LogP contribution in [-0.4, -0.2) is 5.11 Å². The molecule has 0 spiro atoms. The highest BCUT2D eigenvalue weighted by molar-refractivity contribution is 5.95. The average molecular weight is 248 g/mol. The zero-order valence-electron chi connectivity index (χ0n) is 10.3. The van der Waals surface area contributed by atoms with Crippen LogP contribution in [0.5, 0.6) is 17.2 Å². The Morgan fingerprint density at radius 2 is 1.74 bits per heavy atom. The molecule has 92 valence electrons. The van der Waals surface area contributed by atoms with Crippen LogP contribution in [0.1, 0.15) is 11.1 Å². The third kappa shape index (κ3) is 1.50. The van der Waals surface area contributed by atoms with Gasteiger partial charge in [0.2, 0.25) is 0 Å². The first-order valence-corrected chi connectivity index (χ1v) is 6.32. The molecule has 0 saturated carbocycles. The molecule has 2 nitrogen and oxygen atoms in total. The maximum absolute atomic E-state index is 10.1. The van der Waals surface area contributed by atoms with Crippen LogP contribution >= 0.6 is 0 Å². The lowest BCUT2D eigenvalue weighted by Gasteiger charge is -2.22. The fraction of sp³-hybridized carbons (Fsp3) is 0.0588. The minimum absolute atomic E-state index is 0.272. The van der Waals surface area contributed by atoms with E-state index in [0.29, 0.717) is 0 Å². The lowest BCUT2D eigenvalue weighted by molar-refractivity contribution is 0.455. The van der Waals surface area contributed by atoms with E-state index in [-0.39, 0.29) is 5.75 Å². The van der Waals surface area contributed by atoms with Crippen molar-refractivity contribution in [1.82, 2.24) is 0 Å². The highest BCUT2D eigenvalue weighted by Gasteiger charge is 2.20. The van der Waals surface area contributed by atoms with Crippen molar-refractivity contribution >= 4 is 10.8 Å². The molecular weight excluding hydrogens is 236 g/mol. The van der Waals surface area contributed by atoms with E-state index in [1.165, 1.54) is 5.56 Å². The van der Waals surface area contributed by atoms with Crippen LogP contribution in [0.3, 0.4) is 0 Å². The van der Waals surface area contributed by atoms with Crippen LogP contribution in [0.4, 0.5) is 0 Å². The molecule has 1 aliphatic heterocycles. The van der Waals surface area contributed by atoms with Gasteiger partial charge < -0.3 is 9.84 Å². The first-order valence-electron chi connectivity index (χ1n) is 6.32. The van der Waals surface area contributed by atoms with Gasteiger partial charge >= 0.3 is 0 Å². The summed E-state index contributed by atoms with van der Waals surface area (Å²) < 4.78 is 6.01. The number of phenolic OH excluding ortho intramolecular Hbond substituents is 1. The van der Waals surface area contributed by atoms with Gasteiger partial charge in [0.25, 0.3) is 0 Å². The van der Waals surface area contributed by atoms with Gasteiger partial charge in [-0.2, -0.15) is 0 Å². The Hall–Kier alpha value is -2.48. The zero-order valence-corrected chi connectivity index (χ0v) is 10.3. The summed E-state index contributed by atoms with van der Waals surface area (Å²) in [6, 6.07) is 17.7. The van der Waals surface area contributed by atoms with Crippen LogP contribution in [-0.2, 0) is 6.42 Å². The SMILES string of the molecule is Oc1cccc2ccc3c(c12)Oc1ccccc1C3. The lowest BCUT2D eigenvalue weighted by atomic mass is 9.96. The molecule has 3 aromatic rings.